The predicted molar refractivity (Wildman–Crippen MR) is 90.8 cm³/mol. The number of rotatable bonds is 3. The summed E-state index contributed by atoms with van der Waals surface area (Å²) in [6, 6.07) is 8.48. The SMILES string of the molecule is Cc1nc(-c2noc(-c3ccccc3F)n2)cc(-c2cncc(F)c2)c1F. The minimum absolute atomic E-state index is 0.0270. The first-order valence-corrected chi connectivity index (χ1v) is 7.90. The molecule has 0 radical (unpaired) electrons. The Morgan fingerprint density at radius 2 is 1.74 bits per heavy atom. The second-order valence-corrected chi connectivity index (χ2v) is 5.75. The monoisotopic (exact) mass is 368 g/mol. The van der Waals surface area contributed by atoms with Crippen LogP contribution in [0.25, 0.3) is 34.1 Å². The van der Waals surface area contributed by atoms with Gasteiger partial charge >= 0.3 is 0 Å². The van der Waals surface area contributed by atoms with Crippen LogP contribution in [-0.4, -0.2) is 20.1 Å². The average molecular weight is 368 g/mol. The van der Waals surface area contributed by atoms with Gasteiger partial charge in [0.05, 0.1) is 17.5 Å². The fourth-order valence-corrected chi connectivity index (χ4v) is 2.61. The van der Waals surface area contributed by atoms with Crippen molar-refractivity contribution in [1.29, 1.82) is 0 Å². The third kappa shape index (κ3) is 3.17. The van der Waals surface area contributed by atoms with Crippen LogP contribution in [0.5, 0.6) is 0 Å². The van der Waals surface area contributed by atoms with Gasteiger partial charge in [0.25, 0.3) is 5.89 Å². The lowest BCUT2D eigenvalue weighted by Crippen LogP contribution is -1.97. The summed E-state index contributed by atoms with van der Waals surface area (Å²) in [6.45, 7) is 1.47. The molecule has 3 aromatic heterocycles. The Hall–Kier alpha value is -3.55. The van der Waals surface area contributed by atoms with Gasteiger partial charge in [0.15, 0.2) is 5.82 Å². The van der Waals surface area contributed by atoms with Gasteiger partial charge in [-0.1, -0.05) is 17.3 Å². The quantitative estimate of drug-likeness (QED) is 0.529. The van der Waals surface area contributed by atoms with E-state index in [4.69, 9.17) is 4.52 Å². The van der Waals surface area contributed by atoms with Crippen LogP contribution in [0, 0.1) is 24.4 Å². The molecule has 8 heteroatoms. The molecule has 1 aromatic carbocycles. The topological polar surface area (TPSA) is 64.7 Å². The molecule has 0 aliphatic heterocycles. The summed E-state index contributed by atoms with van der Waals surface area (Å²) in [7, 11) is 0. The van der Waals surface area contributed by atoms with Crippen LogP contribution in [0.1, 0.15) is 5.69 Å². The number of aromatic nitrogens is 4. The Kier molecular flexibility index (Phi) is 4.15. The van der Waals surface area contributed by atoms with Crippen molar-refractivity contribution in [2.45, 2.75) is 6.92 Å². The van der Waals surface area contributed by atoms with E-state index in [1.165, 1.54) is 31.3 Å². The van der Waals surface area contributed by atoms with Crippen LogP contribution >= 0.6 is 0 Å². The van der Waals surface area contributed by atoms with Gasteiger partial charge < -0.3 is 4.52 Å². The number of halogens is 3. The molecule has 0 amide bonds. The highest BCUT2D eigenvalue weighted by molar-refractivity contribution is 5.69. The maximum absolute atomic E-state index is 14.5. The highest BCUT2D eigenvalue weighted by Crippen LogP contribution is 2.29. The second-order valence-electron chi connectivity index (χ2n) is 5.75. The molecular weight excluding hydrogens is 357 g/mol. The first-order chi connectivity index (χ1) is 13.0. The van der Waals surface area contributed by atoms with Gasteiger partial charge in [0, 0.05) is 17.3 Å². The van der Waals surface area contributed by atoms with E-state index in [1.807, 2.05) is 0 Å². The molecule has 0 bridgehead atoms. The van der Waals surface area contributed by atoms with E-state index >= 15 is 0 Å². The van der Waals surface area contributed by atoms with Gasteiger partial charge in [-0.2, -0.15) is 4.98 Å². The second kappa shape index (κ2) is 6.64. The van der Waals surface area contributed by atoms with Gasteiger partial charge in [-0.05, 0) is 31.2 Å². The first kappa shape index (κ1) is 16.9. The van der Waals surface area contributed by atoms with Crippen molar-refractivity contribution < 1.29 is 17.7 Å². The minimum Gasteiger partial charge on any atom is -0.333 e. The van der Waals surface area contributed by atoms with E-state index in [-0.39, 0.29) is 39.8 Å². The number of pyridine rings is 2. The molecule has 27 heavy (non-hydrogen) atoms. The van der Waals surface area contributed by atoms with Gasteiger partial charge in [-0.25, -0.2) is 18.2 Å². The molecule has 0 N–H and O–H groups in total. The van der Waals surface area contributed by atoms with Gasteiger partial charge in [0.2, 0.25) is 5.82 Å². The molecule has 0 spiro atoms. The first-order valence-electron chi connectivity index (χ1n) is 7.90. The van der Waals surface area contributed by atoms with Crippen LogP contribution in [0.15, 0.2) is 53.3 Å². The normalized spacial score (nSPS) is 11.0. The molecule has 4 aromatic rings. The summed E-state index contributed by atoms with van der Waals surface area (Å²) in [5.41, 5.74) is 0.770. The molecule has 0 saturated heterocycles. The third-order valence-corrected chi connectivity index (χ3v) is 3.90. The molecule has 134 valence electrons. The van der Waals surface area contributed by atoms with Crippen LogP contribution in [0.4, 0.5) is 13.2 Å². The van der Waals surface area contributed by atoms with Crippen molar-refractivity contribution in [2.24, 2.45) is 0 Å². The zero-order chi connectivity index (χ0) is 19.0. The zero-order valence-electron chi connectivity index (χ0n) is 13.9. The summed E-state index contributed by atoms with van der Waals surface area (Å²) in [6.07, 6.45) is 2.36. The van der Waals surface area contributed by atoms with Crippen LogP contribution in [0.3, 0.4) is 0 Å². The number of hydrogen-bond donors (Lipinski definition) is 0. The summed E-state index contributed by atoms with van der Waals surface area (Å²) in [5.74, 6) is -1.68. The van der Waals surface area contributed by atoms with Crippen molar-refractivity contribution in [1.82, 2.24) is 20.1 Å². The molecule has 0 saturated carbocycles. The lowest BCUT2D eigenvalue weighted by molar-refractivity contribution is 0.429. The molecule has 5 nitrogen and oxygen atoms in total. The van der Waals surface area contributed by atoms with Crippen LogP contribution in [-0.2, 0) is 0 Å². The Morgan fingerprint density at radius 1 is 0.926 bits per heavy atom. The molecule has 0 aliphatic carbocycles. The lowest BCUT2D eigenvalue weighted by atomic mass is 10.1. The van der Waals surface area contributed by atoms with Crippen LogP contribution in [0.2, 0.25) is 0 Å². The zero-order valence-corrected chi connectivity index (χ0v) is 13.9. The summed E-state index contributed by atoms with van der Waals surface area (Å²) in [4.78, 5) is 12.0. The Bertz CT molecular complexity index is 1140. The largest absolute Gasteiger partial charge is 0.333 e. The number of benzene rings is 1. The van der Waals surface area contributed by atoms with Gasteiger partial charge in [-0.3, -0.25) is 4.98 Å². The van der Waals surface area contributed by atoms with Gasteiger partial charge in [-0.15, -0.1) is 0 Å². The summed E-state index contributed by atoms with van der Waals surface area (Å²) >= 11 is 0. The maximum Gasteiger partial charge on any atom is 0.261 e. The Labute approximate surface area is 151 Å². The number of aryl methyl sites for hydroxylation is 1. The van der Waals surface area contributed by atoms with E-state index in [0.29, 0.717) is 0 Å². The number of nitrogens with zero attached hydrogens (tertiary/aromatic N) is 4. The van der Waals surface area contributed by atoms with Gasteiger partial charge in [0.1, 0.15) is 17.3 Å². The highest BCUT2D eigenvalue weighted by atomic mass is 19.1. The third-order valence-electron chi connectivity index (χ3n) is 3.90. The molecule has 0 aliphatic rings. The summed E-state index contributed by atoms with van der Waals surface area (Å²) < 4.78 is 47.0. The Balaban J connectivity index is 1.81. The summed E-state index contributed by atoms with van der Waals surface area (Å²) in [5, 5.41) is 3.80. The molecule has 0 fully saturated rings. The highest BCUT2D eigenvalue weighted by Gasteiger charge is 2.18. The van der Waals surface area contributed by atoms with Crippen molar-refractivity contribution in [3.8, 4) is 34.1 Å². The van der Waals surface area contributed by atoms with E-state index in [1.54, 1.807) is 12.1 Å². The molecular formula is C19H11F3N4O. The van der Waals surface area contributed by atoms with Crippen LogP contribution < -0.4 is 0 Å². The van der Waals surface area contributed by atoms with E-state index in [9.17, 15) is 13.2 Å². The standard InChI is InChI=1S/C19H11F3N4O/c1-10-17(22)14(11-6-12(20)9-23-8-11)7-16(24-10)18-25-19(27-26-18)13-4-2-3-5-15(13)21/h2-9H,1H3. The molecule has 0 unspecified atom stereocenters. The lowest BCUT2D eigenvalue weighted by Gasteiger charge is -2.07. The smallest absolute Gasteiger partial charge is 0.261 e. The van der Waals surface area contributed by atoms with E-state index in [2.05, 4.69) is 20.1 Å². The fraction of sp³-hybridized carbons (Fsp3) is 0.0526. The van der Waals surface area contributed by atoms with E-state index in [0.717, 1.165) is 12.3 Å². The van der Waals surface area contributed by atoms with E-state index < -0.39 is 17.5 Å². The molecule has 0 atom stereocenters. The number of hydrogen-bond acceptors (Lipinski definition) is 5. The predicted octanol–water partition coefficient (Wildman–Crippen LogP) is 4.59. The van der Waals surface area contributed by atoms with Crippen molar-refractivity contribution in [2.75, 3.05) is 0 Å². The minimum atomic E-state index is -0.607. The van der Waals surface area contributed by atoms with Crippen molar-refractivity contribution in [3.63, 3.8) is 0 Å². The molecule has 4 rings (SSSR count). The Morgan fingerprint density at radius 3 is 2.52 bits per heavy atom. The molecule has 3 heterocycles. The average Bonchev–Trinajstić information content (AvgIpc) is 3.14. The van der Waals surface area contributed by atoms with Crippen molar-refractivity contribution in [3.05, 3.63) is 71.9 Å². The maximum atomic E-state index is 14.5. The van der Waals surface area contributed by atoms with Crippen molar-refractivity contribution >= 4 is 0 Å². The fourth-order valence-electron chi connectivity index (χ4n) is 2.61.